The van der Waals surface area contributed by atoms with Gasteiger partial charge in [-0.25, -0.2) is 18.0 Å². The van der Waals surface area contributed by atoms with Crippen LogP contribution in [0.5, 0.6) is 0 Å². The van der Waals surface area contributed by atoms with Gasteiger partial charge in [-0.05, 0) is 17.7 Å². The van der Waals surface area contributed by atoms with Gasteiger partial charge in [-0.2, -0.15) is 0 Å². The summed E-state index contributed by atoms with van der Waals surface area (Å²) in [6.45, 7) is 0. The zero-order valence-electron chi connectivity index (χ0n) is 12.3. The molecule has 0 bridgehead atoms. The number of rotatable bonds is 5. The van der Waals surface area contributed by atoms with Crippen molar-refractivity contribution in [1.29, 1.82) is 0 Å². The Morgan fingerprint density at radius 3 is 2.08 bits per heavy atom. The molecule has 0 saturated carbocycles. The Hall–Kier alpha value is -2.25. The van der Waals surface area contributed by atoms with Gasteiger partial charge in [-0.15, -0.1) is 0 Å². The average Bonchev–Trinajstić information content (AvgIpc) is 2.48. The number of carboxylic acids is 1. The molecule has 9 heteroatoms. The first kappa shape index (κ1) is 19.1. The van der Waals surface area contributed by atoms with Gasteiger partial charge in [0.2, 0.25) is 0 Å². The molecule has 0 saturated heterocycles. The molecule has 2 N–H and O–H groups in total. The first-order chi connectivity index (χ1) is 11.7. The molecular formula is C16H10Cl2F3NO3. The fourth-order valence-electron chi connectivity index (χ4n) is 2.12. The minimum atomic E-state index is -1.56. The minimum Gasteiger partial charge on any atom is -0.480 e. The summed E-state index contributed by atoms with van der Waals surface area (Å²) in [4.78, 5) is 23.4. The number of nitrogens with one attached hydrogen (secondary N) is 1. The van der Waals surface area contributed by atoms with Crippen LogP contribution in [0, 0.1) is 17.5 Å². The van der Waals surface area contributed by atoms with Crippen LogP contribution < -0.4 is 5.32 Å². The Balaban J connectivity index is 2.28. The zero-order chi connectivity index (χ0) is 18.7. The molecule has 0 aromatic heterocycles. The molecule has 25 heavy (non-hydrogen) atoms. The van der Waals surface area contributed by atoms with Gasteiger partial charge in [0, 0.05) is 28.6 Å². The van der Waals surface area contributed by atoms with Gasteiger partial charge >= 0.3 is 5.97 Å². The van der Waals surface area contributed by atoms with Crippen LogP contribution in [0.2, 0.25) is 10.0 Å². The topological polar surface area (TPSA) is 66.4 Å². The standard InChI is InChI=1S/C16H10Cl2F3NO3/c17-9-2-1-3-10(18)8(9)6-13(16(24)25)22-15(23)14-11(20)4-7(19)5-12(14)21/h1-5,13H,6H2,(H,22,23)(H,24,25)/t13-/m1/s1. The van der Waals surface area contributed by atoms with Crippen molar-refractivity contribution in [2.45, 2.75) is 12.5 Å². The Kier molecular flexibility index (Phi) is 5.92. The number of hydrogen-bond acceptors (Lipinski definition) is 2. The summed E-state index contributed by atoms with van der Waals surface area (Å²) in [6.07, 6.45) is -0.315. The maximum absolute atomic E-state index is 13.6. The summed E-state index contributed by atoms with van der Waals surface area (Å²) in [5, 5.41) is 11.6. The van der Waals surface area contributed by atoms with Crippen LogP contribution in [0.15, 0.2) is 30.3 Å². The summed E-state index contributed by atoms with van der Waals surface area (Å²) in [5.74, 6) is -6.91. The van der Waals surface area contributed by atoms with E-state index in [1.54, 1.807) is 6.07 Å². The molecule has 1 amide bonds. The maximum Gasteiger partial charge on any atom is 0.326 e. The third kappa shape index (κ3) is 4.43. The second-order valence-corrected chi connectivity index (χ2v) is 5.83. The quantitative estimate of drug-likeness (QED) is 0.813. The minimum absolute atomic E-state index is 0.173. The number of carboxylic acid groups (broad SMARTS) is 1. The van der Waals surface area contributed by atoms with Crippen molar-refractivity contribution >= 4 is 35.1 Å². The smallest absolute Gasteiger partial charge is 0.326 e. The number of carbonyl (C=O) groups excluding carboxylic acids is 1. The van der Waals surface area contributed by atoms with Crippen molar-refractivity contribution in [3.05, 3.63) is 69.0 Å². The number of aliphatic carboxylic acids is 1. The number of amides is 1. The molecule has 0 aliphatic carbocycles. The van der Waals surface area contributed by atoms with Crippen LogP contribution in [0.25, 0.3) is 0 Å². The van der Waals surface area contributed by atoms with Crippen LogP contribution in [-0.4, -0.2) is 23.0 Å². The lowest BCUT2D eigenvalue weighted by Gasteiger charge is -2.17. The first-order valence-corrected chi connectivity index (χ1v) is 7.57. The van der Waals surface area contributed by atoms with Crippen LogP contribution in [0.4, 0.5) is 13.2 Å². The van der Waals surface area contributed by atoms with Crippen LogP contribution in [0.3, 0.4) is 0 Å². The maximum atomic E-state index is 13.6. The zero-order valence-corrected chi connectivity index (χ0v) is 13.8. The lowest BCUT2D eigenvalue weighted by atomic mass is 10.0. The Labute approximate surface area is 150 Å². The van der Waals surface area contributed by atoms with Gasteiger partial charge in [0.1, 0.15) is 29.1 Å². The Bertz CT molecular complexity index is 802. The third-order valence-corrected chi connectivity index (χ3v) is 4.02. The molecule has 4 nitrogen and oxygen atoms in total. The normalized spacial score (nSPS) is 11.9. The van der Waals surface area contributed by atoms with E-state index in [-0.39, 0.29) is 22.0 Å². The SMILES string of the molecule is O=C(N[C@H](Cc1c(Cl)cccc1Cl)C(=O)O)c1c(F)cc(F)cc1F. The number of halogens is 5. The van der Waals surface area contributed by atoms with E-state index in [0.29, 0.717) is 12.1 Å². The predicted molar refractivity (Wildman–Crippen MR) is 85.4 cm³/mol. The highest BCUT2D eigenvalue weighted by atomic mass is 35.5. The summed E-state index contributed by atoms with van der Waals surface area (Å²) >= 11 is 11.9. The summed E-state index contributed by atoms with van der Waals surface area (Å²) < 4.78 is 40.2. The largest absolute Gasteiger partial charge is 0.480 e. The van der Waals surface area contributed by atoms with Gasteiger partial charge in [0.25, 0.3) is 5.91 Å². The second kappa shape index (κ2) is 7.76. The molecule has 2 aromatic rings. The highest BCUT2D eigenvalue weighted by Crippen LogP contribution is 2.26. The number of hydrogen-bond donors (Lipinski definition) is 2. The lowest BCUT2D eigenvalue weighted by Crippen LogP contribution is -2.43. The molecule has 0 fully saturated rings. The number of benzene rings is 2. The average molecular weight is 392 g/mol. The predicted octanol–water partition coefficient (Wildman–Crippen LogP) is 3.84. The van der Waals surface area contributed by atoms with Crippen molar-refractivity contribution in [2.24, 2.45) is 0 Å². The highest BCUT2D eigenvalue weighted by Gasteiger charge is 2.26. The summed E-state index contributed by atoms with van der Waals surface area (Å²) in [6, 6.07) is 3.57. The summed E-state index contributed by atoms with van der Waals surface area (Å²) in [5.41, 5.74) is -0.837. The molecular weight excluding hydrogens is 382 g/mol. The van der Waals surface area contributed by atoms with Gasteiger partial charge in [-0.1, -0.05) is 29.3 Å². The monoisotopic (exact) mass is 391 g/mol. The molecule has 2 rings (SSSR count). The third-order valence-electron chi connectivity index (χ3n) is 3.31. The van der Waals surface area contributed by atoms with Gasteiger partial charge in [0.05, 0.1) is 0 Å². The molecule has 0 radical (unpaired) electrons. The van der Waals surface area contributed by atoms with Gasteiger partial charge in [-0.3, -0.25) is 4.79 Å². The van der Waals surface area contributed by atoms with E-state index in [2.05, 4.69) is 0 Å². The van der Waals surface area contributed by atoms with Crippen molar-refractivity contribution in [3.8, 4) is 0 Å². The molecule has 0 aliphatic rings. The van der Waals surface area contributed by atoms with Gasteiger partial charge in [0.15, 0.2) is 0 Å². The molecule has 0 unspecified atom stereocenters. The fourth-order valence-corrected chi connectivity index (χ4v) is 2.67. The highest BCUT2D eigenvalue weighted by molar-refractivity contribution is 6.36. The number of carbonyl (C=O) groups is 2. The molecule has 0 aliphatic heterocycles. The summed E-state index contributed by atoms with van der Waals surface area (Å²) in [7, 11) is 0. The molecule has 1 atom stereocenters. The van der Waals surface area contributed by atoms with E-state index in [9.17, 15) is 27.9 Å². The van der Waals surface area contributed by atoms with E-state index in [1.165, 1.54) is 12.1 Å². The van der Waals surface area contributed by atoms with Gasteiger partial charge < -0.3 is 10.4 Å². The van der Waals surface area contributed by atoms with E-state index < -0.39 is 40.9 Å². The fraction of sp³-hybridized carbons (Fsp3) is 0.125. The van der Waals surface area contributed by atoms with E-state index in [1.807, 2.05) is 5.32 Å². The first-order valence-electron chi connectivity index (χ1n) is 6.81. The van der Waals surface area contributed by atoms with Crippen molar-refractivity contribution in [2.75, 3.05) is 0 Å². The van der Waals surface area contributed by atoms with E-state index in [4.69, 9.17) is 23.2 Å². The van der Waals surface area contributed by atoms with Crippen molar-refractivity contribution < 1.29 is 27.9 Å². The Morgan fingerprint density at radius 2 is 1.60 bits per heavy atom. The lowest BCUT2D eigenvalue weighted by molar-refractivity contribution is -0.139. The van der Waals surface area contributed by atoms with Crippen LogP contribution in [-0.2, 0) is 11.2 Å². The Morgan fingerprint density at radius 1 is 1.08 bits per heavy atom. The van der Waals surface area contributed by atoms with E-state index >= 15 is 0 Å². The van der Waals surface area contributed by atoms with Crippen LogP contribution >= 0.6 is 23.2 Å². The van der Waals surface area contributed by atoms with Crippen molar-refractivity contribution in [1.82, 2.24) is 5.32 Å². The second-order valence-electron chi connectivity index (χ2n) is 5.01. The molecule has 0 spiro atoms. The van der Waals surface area contributed by atoms with Crippen LogP contribution in [0.1, 0.15) is 15.9 Å². The molecule has 2 aromatic carbocycles. The van der Waals surface area contributed by atoms with E-state index in [0.717, 1.165) is 0 Å². The molecule has 0 heterocycles. The molecule has 132 valence electrons. The van der Waals surface area contributed by atoms with Crippen molar-refractivity contribution in [3.63, 3.8) is 0 Å².